The molecule has 120 valence electrons. The summed E-state index contributed by atoms with van der Waals surface area (Å²) in [6, 6.07) is 3.22. The molecule has 0 fully saturated rings. The van der Waals surface area contributed by atoms with Gasteiger partial charge in [0.15, 0.2) is 4.21 Å². The Bertz CT molecular complexity index is 832. The lowest BCUT2D eigenvalue weighted by atomic mass is 10.2. The van der Waals surface area contributed by atoms with Crippen molar-refractivity contribution in [2.45, 2.75) is 11.1 Å². The lowest BCUT2D eigenvalue weighted by molar-refractivity contribution is 0.213. The second-order valence-corrected chi connectivity index (χ2v) is 7.74. The third-order valence-corrected chi connectivity index (χ3v) is 6.39. The Morgan fingerprint density at radius 3 is 2.68 bits per heavy atom. The number of alkyl halides is 1. The molecular weight excluding hydrogens is 373 g/mol. The number of nitrogens with two attached hydrogens (primary N) is 1. The summed E-state index contributed by atoms with van der Waals surface area (Å²) in [6.07, 6.45) is -1.39. The maximum atomic E-state index is 12.0. The topological polar surface area (TPSA) is 95.7 Å². The Morgan fingerprint density at radius 1 is 1.41 bits per heavy atom. The molecule has 1 aromatic carbocycles. The number of thiophene rings is 1. The van der Waals surface area contributed by atoms with Gasteiger partial charge in [-0.2, -0.15) is 8.42 Å². The van der Waals surface area contributed by atoms with Gasteiger partial charge in [-0.15, -0.1) is 22.9 Å². The minimum Gasteiger partial charge on any atom is -0.492 e. The molecular formula is C12H11Cl2NO5S2. The van der Waals surface area contributed by atoms with Crippen molar-refractivity contribution in [1.29, 1.82) is 0 Å². The number of aryl methyl sites for hydroxylation is 1. The minimum absolute atomic E-state index is 0.127. The largest absolute Gasteiger partial charge is 0.492 e. The van der Waals surface area contributed by atoms with Crippen molar-refractivity contribution in [2.24, 2.45) is 5.73 Å². The quantitative estimate of drug-likeness (QED) is 0.631. The highest BCUT2D eigenvalue weighted by Crippen LogP contribution is 2.41. The number of benzene rings is 1. The van der Waals surface area contributed by atoms with Gasteiger partial charge < -0.3 is 14.7 Å². The monoisotopic (exact) mass is 383 g/mol. The molecule has 0 atom stereocenters. The minimum atomic E-state index is -4.28. The van der Waals surface area contributed by atoms with Crippen LogP contribution in [0.5, 0.6) is 5.75 Å². The molecule has 1 amide bonds. The van der Waals surface area contributed by atoms with Crippen LogP contribution in [0.1, 0.15) is 5.56 Å². The fourth-order valence-corrected chi connectivity index (χ4v) is 4.72. The second-order valence-electron chi connectivity index (χ2n) is 4.19. The Balaban J connectivity index is 2.58. The lowest BCUT2D eigenvalue weighted by Crippen LogP contribution is -2.18. The SMILES string of the molecule is Cc1c(S(=O)(=O)OC(N)=O)sc2c(Cl)cc(OCCCl)cc12. The third-order valence-electron chi connectivity index (χ3n) is 2.69. The molecule has 2 N–H and O–H groups in total. The molecule has 0 aliphatic carbocycles. The third kappa shape index (κ3) is 3.40. The fraction of sp³-hybridized carbons (Fsp3) is 0.250. The molecule has 1 heterocycles. The highest BCUT2D eigenvalue weighted by molar-refractivity contribution is 7.89. The summed E-state index contributed by atoms with van der Waals surface area (Å²) in [5.41, 5.74) is 5.18. The number of primary amides is 1. The molecule has 0 aliphatic heterocycles. The standard InChI is InChI=1S/C12H11Cl2NO5S2/c1-6-8-4-7(19-3-2-13)5-9(14)10(8)21-11(6)22(17,18)20-12(15)16/h4-5H,2-3H2,1H3,(H2,15,16). The number of carbonyl (C=O) groups excluding carboxylic acids is 1. The van der Waals surface area contributed by atoms with Crippen LogP contribution < -0.4 is 10.5 Å². The van der Waals surface area contributed by atoms with E-state index in [0.717, 1.165) is 11.3 Å². The number of hydrogen-bond acceptors (Lipinski definition) is 6. The zero-order valence-electron chi connectivity index (χ0n) is 11.3. The number of hydrogen-bond donors (Lipinski definition) is 1. The molecule has 0 saturated heterocycles. The lowest BCUT2D eigenvalue weighted by Gasteiger charge is -2.05. The van der Waals surface area contributed by atoms with E-state index in [-0.39, 0.29) is 4.21 Å². The van der Waals surface area contributed by atoms with Crippen LogP contribution >= 0.6 is 34.5 Å². The molecule has 0 saturated carbocycles. The zero-order chi connectivity index (χ0) is 16.5. The first kappa shape index (κ1) is 17.1. The molecule has 0 spiro atoms. The maximum absolute atomic E-state index is 12.0. The van der Waals surface area contributed by atoms with Crippen LogP contribution in [0.25, 0.3) is 10.1 Å². The van der Waals surface area contributed by atoms with E-state index < -0.39 is 16.2 Å². The average molecular weight is 384 g/mol. The zero-order valence-corrected chi connectivity index (χ0v) is 14.4. The Kier molecular flexibility index (Phi) is 5.06. The number of amides is 1. The van der Waals surface area contributed by atoms with E-state index in [2.05, 4.69) is 4.18 Å². The van der Waals surface area contributed by atoms with E-state index >= 15 is 0 Å². The van der Waals surface area contributed by atoms with Crippen LogP contribution in [0, 0.1) is 6.92 Å². The molecule has 2 aromatic rings. The predicted octanol–water partition coefficient (Wildman–Crippen LogP) is 3.26. The van der Waals surface area contributed by atoms with E-state index in [9.17, 15) is 13.2 Å². The molecule has 0 unspecified atom stereocenters. The molecule has 6 nitrogen and oxygen atoms in total. The number of rotatable bonds is 5. The molecule has 1 aromatic heterocycles. The number of fused-ring (bicyclic) bond motifs is 1. The first-order valence-corrected chi connectivity index (χ1v) is 9.05. The fourth-order valence-electron chi connectivity index (χ4n) is 1.85. The van der Waals surface area contributed by atoms with E-state index in [1.807, 2.05) is 0 Å². The molecule has 0 aliphatic rings. The van der Waals surface area contributed by atoms with E-state index in [1.54, 1.807) is 19.1 Å². The van der Waals surface area contributed by atoms with E-state index in [4.69, 9.17) is 33.7 Å². The van der Waals surface area contributed by atoms with Gasteiger partial charge in [0.25, 0.3) is 0 Å². The first-order chi connectivity index (χ1) is 10.3. The van der Waals surface area contributed by atoms with E-state index in [1.165, 1.54) is 0 Å². The predicted molar refractivity (Wildman–Crippen MR) is 85.6 cm³/mol. The second kappa shape index (κ2) is 6.49. The van der Waals surface area contributed by atoms with Gasteiger partial charge in [0.2, 0.25) is 0 Å². The van der Waals surface area contributed by atoms with Crippen LogP contribution in [0.15, 0.2) is 16.3 Å². The van der Waals surface area contributed by atoms with Gasteiger partial charge in [-0.1, -0.05) is 11.6 Å². The van der Waals surface area contributed by atoms with Crippen molar-refractivity contribution >= 4 is 60.8 Å². The summed E-state index contributed by atoms with van der Waals surface area (Å²) in [5.74, 6) is 0.781. The first-order valence-electron chi connectivity index (χ1n) is 5.91. The Hall–Kier alpha value is -1.22. The van der Waals surface area contributed by atoms with Crippen molar-refractivity contribution in [1.82, 2.24) is 0 Å². The molecule has 0 radical (unpaired) electrons. The Morgan fingerprint density at radius 2 is 2.09 bits per heavy atom. The van der Waals surface area contributed by atoms with Gasteiger partial charge in [0.05, 0.1) is 15.6 Å². The van der Waals surface area contributed by atoms with Crippen LogP contribution in [0.4, 0.5) is 4.79 Å². The van der Waals surface area contributed by atoms with Gasteiger partial charge in [0.1, 0.15) is 12.4 Å². The summed E-state index contributed by atoms with van der Waals surface area (Å²) in [7, 11) is -4.28. The highest BCUT2D eigenvalue weighted by Gasteiger charge is 2.26. The van der Waals surface area contributed by atoms with Crippen molar-refractivity contribution in [3.8, 4) is 5.75 Å². The summed E-state index contributed by atoms with van der Waals surface area (Å²) in [5, 5.41) is 0.921. The van der Waals surface area contributed by atoms with Crippen LogP contribution in [0.2, 0.25) is 5.02 Å². The average Bonchev–Trinajstić information content (AvgIpc) is 2.74. The van der Waals surface area contributed by atoms with Crippen LogP contribution in [-0.4, -0.2) is 27.0 Å². The van der Waals surface area contributed by atoms with Gasteiger partial charge in [-0.05, 0) is 18.6 Å². The molecule has 2 rings (SSSR count). The summed E-state index contributed by atoms with van der Waals surface area (Å²) < 4.78 is 34.0. The number of ether oxygens (including phenoxy) is 1. The molecule has 10 heteroatoms. The Labute approximate surface area is 140 Å². The van der Waals surface area contributed by atoms with Crippen molar-refractivity contribution < 1.29 is 22.1 Å². The van der Waals surface area contributed by atoms with Crippen molar-refractivity contribution in [3.63, 3.8) is 0 Å². The smallest absolute Gasteiger partial charge is 0.420 e. The van der Waals surface area contributed by atoms with Crippen LogP contribution in [0.3, 0.4) is 0 Å². The van der Waals surface area contributed by atoms with Crippen molar-refractivity contribution in [2.75, 3.05) is 12.5 Å². The summed E-state index contributed by atoms with van der Waals surface area (Å²) in [6.45, 7) is 1.88. The van der Waals surface area contributed by atoms with Gasteiger partial charge >= 0.3 is 16.2 Å². The van der Waals surface area contributed by atoms with E-state index in [0.29, 0.717) is 38.9 Å². The number of carbonyl (C=O) groups is 1. The number of halogens is 2. The molecule has 22 heavy (non-hydrogen) atoms. The van der Waals surface area contributed by atoms with Gasteiger partial charge in [-0.25, -0.2) is 4.79 Å². The van der Waals surface area contributed by atoms with Crippen molar-refractivity contribution in [3.05, 3.63) is 22.7 Å². The van der Waals surface area contributed by atoms with Crippen LogP contribution in [-0.2, 0) is 14.3 Å². The maximum Gasteiger partial charge on any atom is 0.420 e. The van der Waals surface area contributed by atoms with Gasteiger partial charge in [-0.3, -0.25) is 0 Å². The van der Waals surface area contributed by atoms with Gasteiger partial charge in [0, 0.05) is 11.5 Å². The molecule has 0 bridgehead atoms. The highest BCUT2D eigenvalue weighted by atomic mass is 35.5. The normalized spacial score (nSPS) is 11.6. The summed E-state index contributed by atoms with van der Waals surface area (Å²) >= 11 is 12.6. The summed E-state index contributed by atoms with van der Waals surface area (Å²) in [4.78, 5) is 10.7.